The lowest BCUT2D eigenvalue weighted by Crippen LogP contribution is -2.27. The Kier molecular flexibility index (Phi) is 6.17. The van der Waals surface area contributed by atoms with Crippen LogP contribution >= 0.6 is 0 Å². The van der Waals surface area contributed by atoms with Gasteiger partial charge in [0.2, 0.25) is 0 Å². The molecule has 170 valence electrons. The van der Waals surface area contributed by atoms with Crippen molar-refractivity contribution < 1.29 is 28.5 Å². The predicted octanol–water partition coefficient (Wildman–Crippen LogP) is 3.73. The monoisotopic (exact) mass is 450 g/mol. The lowest BCUT2D eigenvalue weighted by atomic mass is 9.82. The third kappa shape index (κ3) is 4.07. The van der Waals surface area contributed by atoms with Gasteiger partial charge in [-0.2, -0.15) is 0 Å². The molecule has 2 heterocycles. The summed E-state index contributed by atoms with van der Waals surface area (Å²) in [7, 11) is 1.46. The van der Waals surface area contributed by atoms with Crippen LogP contribution in [0.4, 0.5) is 4.39 Å². The van der Waals surface area contributed by atoms with Gasteiger partial charge in [-0.15, -0.1) is 0 Å². The molecule has 0 spiro atoms. The minimum atomic E-state index is -0.799. The molecular formula is C25H23FN2O5. The number of fused-ring (bicyclic) bond motifs is 1. The van der Waals surface area contributed by atoms with Crippen LogP contribution in [0.2, 0.25) is 0 Å². The largest absolute Gasteiger partial charge is 0.494 e. The Morgan fingerprint density at radius 2 is 1.88 bits per heavy atom. The van der Waals surface area contributed by atoms with E-state index in [-0.39, 0.29) is 24.9 Å². The standard InChI is InChI=1S/C24H21FN2O3.CH2O2/c1-28-21-7-3-6-19(22(21)25)15-4-2-5-17(12-15)24(14-30-23(26)27-24)18-8-9-20-16(13-18)10-11-29-20;2-1-3/h2-9,12-13H,10-11,14H2,1H3,(H2,26,27);1H,(H,2,3). The molecule has 2 aliphatic rings. The molecule has 0 amide bonds. The highest BCUT2D eigenvalue weighted by Gasteiger charge is 2.41. The Balaban J connectivity index is 0.000000821. The number of aliphatic imine (C=N–C) groups is 1. The Labute approximate surface area is 190 Å². The van der Waals surface area contributed by atoms with Crippen LogP contribution in [-0.4, -0.2) is 37.9 Å². The molecule has 5 rings (SSSR count). The number of rotatable bonds is 4. The Bertz CT molecular complexity index is 1210. The van der Waals surface area contributed by atoms with Gasteiger partial charge in [-0.1, -0.05) is 36.4 Å². The van der Waals surface area contributed by atoms with Crippen LogP contribution in [0.1, 0.15) is 16.7 Å². The van der Waals surface area contributed by atoms with E-state index in [0.717, 1.165) is 34.4 Å². The van der Waals surface area contributed by atoms with Crippen LogP contribution in [0.25, 0.3) is 11.1 Å². The van der Waals surface area contributed by atoms with Gasteiger partial charge in [-0.05, 0) is 46.5 Å². The molecule has 33 heavy (non-hydrogen) atoms. The molecule has 0 aromatic heterocycles. The van der Waals surface area contributed by atoms with Crippen molar-refractivity contribution in [2.45, 2.75) is 12.0 Å². The number of hydrogen-bond acceptors (Lipinski definition) is 6. The summed E-state index contributed by atoms with van der Waals surface area (Å²) < 4.78 is 31.3. The number of carbonyl (C=O) groups is 1. The molecule has 0 aliphatic carbocycles. The lowest BCUT2D eigenvalue weighted by Gasteiger charge is -2.26. The first-order valence-electron chi connectivity index (χ1n) is 10.3. The van der Waals surface area contributed by atoms with Crippen molar-refractivity contribution in [3.8, 4) is 22.6 Å². The number of amidine groups is 1. The first kappa shape index (κ1) is 22.1. The molecule has 3 aromatic rings. The highest BCUT2D eigenvalue weighted by molar-refractivity contribution is 5.76. The van der Waals surface area contributed by atoms with Gasteiger partial charge in [0.1, 0.15) is 12.4 Å². The molecule has 0 saturated heterocycles. The van der Waals surface area contributed by atoms with Gasteiger partial charge in [0.15, 0.2) is 17.1 Å². The van der Waals surface area contributed by atoms with Gasteiger partial charge in [0, 0.05) is 12.0 Å². The molecule has 7 nitrogen and oxygen atoms in total. The van der Waals surface area contributed by atoms with Crippen molar-refractivity contribution >= 4 is 12.5 Å². The SMILES string of the molecule is COc1cccc(-c2cccc(C3(c4ccc5c(c4)CCO5)COC(N)=N3)c2)c1F.O=CO. The van der Waals surface area contributed by atoms with Gasteiger partial charge in [-0.3, -0.25) is 4.79 Å². The summed E-state index contributed by atoms with van der Waals surface area (Å²) >= 11 is 0. The van der Waals surface area contributed by atoms with E-state index in [9.17, 15) is 4.39 Å². The first-order valence-corrected chi connectivity index (χ1v) is 10.3. The second kappa shape index (κ2) is 9.20. The van der Waals surface area contributed by atoms with E-state index in [1.165, 1.54) is 7.11 Å². The fourth-order valence-electron chi connectivity index (χ4n) is 4.17. The van der Waals surface area contributed by atoms with E-state index in [1.807, 2.05) is 36.4 Å². The van der Waals surface area contributed by atoms with E-state index in [0.29, 0.717) is 12.2 Å². The number of halogens is 1. The molecule has 1 atom stereocenters. The minimum absolute atomic E-state index is 0.143. The van der Waals surface area contributed by atoms with Crippen molar-refractivity contribution in [3.63, 3.8) is 0 Å². The van der Waals surface area contributed by atoms with Gasteiger partial charge < -0.3 is 25.1 Å². The van der Waals surface area contributed by atoms with E-state index in [2.05, 4.69) is 11.1 Å². The molecule has 8 heteroatoms. The van der Waals surface area contributed by atoms with Gasteiger partial charge in [0.25, 0.3) is 12.5 Å². The van der Waals surface area contributed by atoms with E-state index < -0.39 is 11.4 Å². The normalized spacial score (nSPS) is 18.2. The number of benzene rings is 3. The van der Waals surface area contributed by atoms with Crippen molar-refractivity contribution in [2.24, 2.45) is 10.7 Å². The topological polar surface area (TPSA) is 103 Å². The summed E-state index contributed by atoms with van der Waals surface area (Å²) in [4.78, 5) is 13.1. The maximum Gasteiger partial charge on any atom is 0.290 e. The maximum absolute atomic E-state index is 14.9. The third-order valence-corrected chi connectivity index (χ3v) is 5.73. The molecule has 0 bridgehead atoms. The van der Waals surface area contributed by atoms with Crippen LogP contribution in [0.15, 0.2) is 65.7 Å². The number of hydrogen-bond donors (Lipinski definition) is 2. The minimum Gasteiger partial charge on any atom is -0.494 e. The number of carboxylic acid groups (broad SMARTS) is 1. The average molecular weight is 450 g/mol. The van der Waals surface area contributed by atoms with Crippen LogP contribution in [0.5, 0.6) is 11.5 Å². The maximum atomic E-state index is 14.9. The molecule has 2 aliphatic heterocycles. The Morgan fingerprint density at radius 3 is 2.61 bits per heavy atom. The zero-order valence-corrected chi connectivity index (χ0v) is 18.0. The van der Waals surface area contributed by atoms with Gasteiger partial charge in [-0.25, -0.2) is 9.38 Å². The highest BCUT2D eigenvalue weighted by Crippen LogP contribution is 2.41. The smallest absolute Gasteiger partial charge is 0.290 e. The quantitative estimate of drug-likeness (QED) is 0.587. The summed E-state index contributed by atoms with van der Waals surface area (Å²) in [6, 6.07) is 19.0. The highest BCUT2D eigenvalue weighted by atomic mass is 19.1. The lowest BCUT2D eigenvalue weighted by molar-refractivity contribution is -0.122. The summed E-state index contributed by atoms with van der Waals surface area (Å²) in [5.74, 6) is 0.709. The molecule has 0 fully saturated rings. The second-order valence-electron chi connectivity index (χ2n) is 7.53. The molecular weight excluding hydrogens is 427 g/mol. The second-order valence-corrected chi connectivity index (χ2v) is 7.53. The van der Waals surface area contributed by atoms with Gasteiger partial charge >= 0.3 is 0 Å². The summed E-state index contributed by atoms with van der Waals surface area (Å²) in [6.07, 6.45) is 0.856. The van der Waals surface area contributed by atoms with Crippen molar-refractivity contribution in [1.82, 2.24) is 0 Å². The fourth-order valence-corrected chi connectivity index (χ4v) is 4.17. The fraction of sp³-hybridized carbons (Fsp3) is 0.200. The number of nitrogens with two attached hydrogens (primary N) is 1. The van der Waals surface area contributed by atoms with Crippen LogP contribution in [-0.2, 0) is 21.5 Å². The average Bonchev–Trinajstić information content (AvgIpc) is 3.46. The Hall–Kier alpha value is -4.07. The predicted molar refractivity (Wildman–Crippen MR) is 121 cm³/mol. The van der Waals surface area contributed by atoms with Crippen LogP contribution < -0.4 is 15.2 Å². The molecule has 0 radical (unpaired) electrons. The molecule has 0 saturated carbocycles. The van der Waals surface area contributed by atoms with Crippen molar-refractivity contribution in [1.29, 1.82) is 0 Å². The van der Waals surface area contributed by atoms with Gasteiger partial charge in [0.05, 0.1) is 13.7 Å². The van der Waals surface area contributed by atoms with Crippen LogP contribution in [0.3, 0.4) is 0 Å². The summed E-state index contributed by atoms with van der Waals surface area (Å²) in [5.41, 5.74) is 9.32. The zero-order valence-electron chi connectivity index (χ0n) is 18.0. The van der Waals surface area contributed by atoms with Crippen LogP contribution in [0, 0.1) is 5.82 Å². The zero-order chi connectivity index (χ0) is 23.4. The third-order valence-electron chi connectivity index (χ3n) is 5.73. The number of nitrogens with zero attached hydrogens (tertiary/aromatic N) is 1. The summed E-state index contributed by atoms with van der Waals surface area (Å²) in [6.45, 7) is 0.709. The molecule has 1 unspecified atom stereocenters. The van der Waals surface area contributed by atoms with E-state index in [4.69, 9.17) is 29.8 Å². The van der Waals surface area contributed by atoms with Crippen molar-refractivity contribution in [2.75, 3.05) is 20.3 Å². The molecule has 3 aromatic carbocycles. The Morgan fingerprint density at radius 1 is 1.12 bits per heavy atom. The number of methoxy groups -OCH3 is 1. The summed E-state index contributed by atoms with van der Waals surface area (Å²) in [5, 5.41) is 6.89. The van der Waals surface area contributed by atoms with E-state index >= 15 is 0 Å². The van der Waals surface area contributed by atoms with E-state index in [1.54, 1.807) is 18.2 Å². The number of ether oxygens (including phenoxy) is 3. The van der Waals surface area contributed by atoms with Crippen molar-refractivity contribution in [3.05, 3.63) is 83.2 Å². The first-order chi connectivity index (χ1) is 16.0. The molecule has 3 N–H and O–H groups in total.